The first-order valence-corrected chi connectivity index (χ1v) is 6.72. The van der Waals surface area contributed by atoms with E-state index in [4.69, 9.17) is 10.5 Å². The Hall–Kier alpha value is -1.89. The van der Waals surface area contributed by atoms with E-state index in [2.05, 4.69) is 10.4 Å². The highest BCUT2D eigenvalue weighted by Gasteiger charge is 2.30. The van der Waals surface area contributed by atoms with Crippen LogP contribution in [0.1, 0.15) is 12.5 Å². The van der Waals surface area contributed by atoms with Gasteiger partial charge in [0.2, 0.25) is 5.91 Å². The number of aromatic nitrogens is 2. The molecule has 0 bridgehead atoms. The van der Waals surface area contributed by atoms with E-state index >= 15 is 0 Å². The number of hydrogen-bond acceptors (Lipinski definition) is 4. The number of anilines is 1. The molecule has 6 nitrogen and oxygen atoms in total. The molecular formula is C15H21ClN4O2. The number of ether oxygens (including phenoxy) is 1. The molecule has 1 heterocycles. The first-order chi connectivity index (χ1) is 10.0. The molecule has 0 aliphatic carbocycles. The third kappa shape index (κ3) is 4.30. The van der Waals surface area contributed by atoms with Crippen molar-refractivity contribution in [2.75, 3.05) is 19.0 Å². The van der Waals surface area contributed by atoms with Crippen molar-refractivity contribution in [3.8, 4) is 0 Å². The van der Waals surface area contributed by atoms with Gasteiger partial charge in [-0.3, -0.25) is 9.48 Å². The lowest BCUT2D eigenvalue weighted by molar-refractivity contribution is -0.120. The zero-order chi connectivity index (χ0) is 15.3. The summed E-state index contributed by atoms with van der Waals surface area (Å²) in [5, 5.41) is 6.98. The minimum atomic E-state index is -1.11. The van der Waals surface area contributed by atoms with E-state index in [0.29, 0.717) is 19.0 Å². The quantitative estimate of drug-likeness (QED) is 0.848. The van der Waals surface area contributed by atoms with Gasteiger partial charge in [0.15, 0.2) is 5.82 Å². The summed E-state index contributed by atoms with van der Waals surface area (Å²) in [5.74, 6) is 0.175. The number of hydrogen-bond donors (Lipinski definition) is 2. The number of amides is 1. The van der Waals surface area contributed by atoms with Crippen LogP contribution in [0.15, 0.2) is 42.6 Å². The lowest BCUT2D eigenvalue weighted by Crippen LogP contribution is -2.45. The lowest BCUT2D eigenvalue weighted by Gasteiger charge is -2.23. The maximum atomic E-state index is 12.3. The van der Waals surface area contributed by atoms with Crippen molar-refractivity contribution < 1.29 is 9.53 Å². The average Bonchev–Trinajstić information content (AvgIpc) is 2.93. The Labute approximate surface area is 136 Å². The largest absolute Gasteiger partial charge is 0.383 e. The van der Waals surface area contributed by atoms with Gasteiger partial charge in [-0.15, -0.1) is 12.4 Å². The van der Waals surface area contributed by atoms with Gasteiger partial charge in [0.05, 0.1) is 13.2 Å². The average molecular weight is 325 g/mol. The number of methoxy groups -OCH3 is 1. The monoisotopic (exact) mass is 324 g/mol. The molecular weight excluding hydrogens is 304 g/mol. The molecule has 1 amide bonds. The molecule has 2 rings (SSSR count). The Kier molecular flexibility index (Phi) is 6.55. The van der Waals surface area contributed by atoms with Crippen molar-refractivity contribution in [1.29, 1.82) is 0 Å². The maximum absolute atomic E-state index is 12.3. The summed E-state index contributed by atoms with van der Waals surface area (Å²) in [7, 11) is 1.63. The van der Waals surface area contributed by atoms with E-state index < -0.39 is 5.54 Å². The van der Waals surface area contributed by atoms with Crippen molar-refractivity contribution in [3.63, 3.8) is 0 Å². The van der Waals surface area contributed by atoms with Crippen LogP contribution in [0, 0.1) is 0 Å². The Morgan fingerprint density at radius 1 is 1.36 bits per heavy atom. The van der Waals surface area contributed by atoms with Gasteiger partial charge in [-0.05, 0) is 12.5 Å². The van der Waals surface area contributed by atoms with Crippen LogP contribution < -0.4 is 11.1 Å². The van der Waals surface area contributed by atoms with Crippen LogP contribution in [0.2, 0.25) is 0 Å². The number of carbonyl (C=O) groups excluding carboxylic acids is 1. The van der Waals surface area contributed by atoms with Gasteiger partial charge in [-0.1, -0.05) is 30.3 Å². The molecule has 22 heavy (non-hydrogen) atoms. The molecule has 2 aromatic rings. The second-order valence-corrected chi connectivity index (χ2v) is 4.98. The molecule has 7 heteroatoms. The Morgan fingerprint density at radius 2 is 2.05 bits per heavy atom. The minimum Gasteiger partial charge on any atom is -0.383 e. The van der Waals surface area contributed by atoms with Crippen LogP contribution in [-0.2, 0) is 21.6 Å². The number of benzene rings is 1. The summed E-state index contributed by atoms with van der Waals surface area (Å²) in [4.78, 5) is 12.3. The minimum absolute atomic E-state index is 0. The summed E-state index contributed by atoms with van der Waals surface area (Å²) in [6.45, 7) is 2.87. The highest BCUT2D eigenvalue weighted by molar-refractivity contribution is 5.97. The second-order valence-electron chi connectivity index (χ2n) is 4.98. The van der Waals surface area contributed by atoms with Crippen LogP contribution in [0.5, 0.6) is 0 Å². The van der Waals surface area contributed by atoms with Crippen LogP contribution in [0.25, 0.3) is 0 Å². The Bertz CT molecular complexity index is 599. The molecule has 0 spiro atoms. The first-order valence-electron chi connectivity index (χ1n) is 6.72. The maximum Gasteiger partial charge on any atom is 0.249 e. The van der Waals surface area contributed by atoms with Gasteiger partial charge in [0.1, 0.15) is 5.54 Å². The summed E-state index contributed by atoms with van der Waals surface area (Å²) < 4.78 is 6.68. The van der Waals surface area contributed by atoms with Crippen LogP contribution >= 0.6 is 12.4 Å². The fraction of sp³-hybridized carbons (Fsp3) is 0.333. The summed E-state index contributed by atoms with van der Waals surface area (Å²) in [6, 6.07) is 11.0. The predicted molar refractivity (Wildman–Crippen MR) is 88.0 cm³/mol. The van der Waals surface area contributed by atoms with E-state index in [1.54, 1.807) is 31.0 Å². The van der Waals surface area contributed by atoms with Gasteiger partial charge in [0, 0.05) is 19.4 Å². The standard InChI is InChI=1S/C15H20N4O2.ClH/c1-15(16,12-6-4-3-5-7-12)14(20)17-13-8-9-19(18-13)10-11-21-2;/h3-9H,10-11,16H2,1-2H3,(H,17,18,20);1H. The number of rotatable bonds is 6. The number of nitrogens with one attached hydrogen (secondary N) is 1. The second kappa shape index (κ2) is 7.93. The molecule has 120 valence electrons. The molecule has 1 atom stereocenters. The van der Waals surface area contributed by atoms with Crippen LogP contribution in [0.3, 0.4) is 0 Å². The van der Waals surface area contributed by atoms with Crippen molar-refractivity contribution in [1.82, 2.24) is 9.78 Å². The van der Waals surface area contributed by atoms with Gasteiger partial charge < -0.3 is 15.8 Å². The third-order valence-corrected chi connectivity index (χ3v) is 3.25. The smallest absolute Gasteiger partial charge is 0.249 e. The number of nitrogens with two attached hydrogens (primary N) is 1. The molecule has 0 saturated heterocycles. The van der Waals surface area contributed by atoms with Crippen molar-refractivity contribution in [2.24, 2.45) is 5.73 Å². The summed E-state index contributed by atoms with van der Waals surface area (Å²) >= 11 is 0. The van der Waals surface area contributed by atoms with E-state index in [1.165, 1.54) is 0 Å². The van der Waals surface area contributed by atoms with Gasteiger partial charge in [-0.25, -0.2) is 0 Å². The topological polar surface area (TPSA) is 82.2 Å². The van der Waals surface area contributed by atoms with E-state index in [-0.39, 0.29) is 18.3 Å². The molecule has 0 aliphatic rings. The van der Waals surface area contributed by atoms with E-state index in [1.807, 2.05) is 30.3 Å². The Morgan fingerprint density at radius 3 is 2.68 bits per heavy atom. The summed E-state index contributed by atoms with van der Waals surface area (Å²) in [5.41, 5.74) is 5.79. The highest BCUT2D eigenvalue weighted by atomic mass is 35.5. The molecule has 0 saturated carbocycles. The summed E-state index contributed by atoms with van der Waals surface area (Å²) in [6.07, 6.45) is 1.78. The number of carbonyl (C=O) groups is 1. The molecule has 1 aromatic carbocycles. The van der Waals surface area contributed by atoms with Crippen molar-refractivity contribution >= 4 is 24.1 Å². The zero-order valence-electron chi connectivity index (χ0n) is 12.7. The molecule has 3 N–H and O–H groups in total. The zero-order valence-corrected chi connectivity index (χ0v) is 13.5. The van der Waals surface area contributed by atoms with Crippen LogP contribution in [-0.4, -0.2) is 29.4 Å². The Balaban J connectivity index is 0.00000242. The molecule has 0 radical (unpaired) electrons. The van der Waals surface area contributed by atoms with Gasteiger partial charge >= 0.3 is 0 Å². The van der Waals surface area contributed by atoms with Gasteiger partial charge in [-0.2, -0.15) is 5.10 Å². The van der Waals surface area contributed by atoms with Crippen LogP contribution in [0.4, 0.5) is 5.82 Å². The normalized spacial score (nSPS) is 13.0. The fourth-order valence-corrected chi connectivity index (χ4v) is 1.90. The SMILES string of the molecule is COCCn1ccc(NC(=O)C(C)(N)c2ccccc2)n1.Cl. The van der Waals surface area contributed by atoms with E-state index in [0.717, 1.165) is 5.56 Å². The van der Waals surface area contributed by atoms with Gasteiger partial charge in [0.25, 0.3) is 0 Å². The molecule has 1 aromatic heterocycles. The van der Waals surface area contributed by atoms with Crippen molar-refractivity contribution in [3.05, 3.63) is 48.2 Å². The fourth-order valence-electron chi connectivity index (χ4n) is 1.90. The van der Waals surface area contributed by atoms with Crippen molar-refractivity contribution in [2.45, 2.75) is 19.0 Å². The number of nitrogens with zero attached hydrogens (tertiary/aromatic N) is 2. The number of halogens is 1. The highest BCUT2D eigenvalue weighted by Crippen LogP contribution is 2.19. The lowest BCUT2D eigenvalue weighted by atomic mass is 9.92. The van der Waals surface area contributed by atoms with E-state index in [9.17, 15) is 4.79 Å². The molecule has 1 unspecified atom stereocenters. The third-order valence-electron chi connectivity index (χ3n) is 3.25. The molecule has 0 aliphatic heterocycles. The predicted octanol–water partition coefficient (Wildman–Crippen LogP) is 1.76. The molecule has 0 fully saturated rings. The first kappa shape index (κ1) is 18.2.